The van der Waals surface area contributed by atoms with Gasteiger partial charge in [-0.1, -0.05) is 34.1 Å². The van der Waals surface area contributed by atoms with Crippen LogP contribution in [0.5, 0.6) is 0 Å². The molecule has 0 nitrogen and oxygen atoms in total. The normalized spacial score (nSPS) is 12.5. The van der Waals surface area contributed by atoms with Crippen LogP contribution < -0.4 is 0 Å². The quantitative estimate of drug-likeness (QED) is 0.451. The van der Waals surface area contributed by atoms with Gasteiger partial charge in [-0.05, 0) is 58.8 Å². The zero-order valence-corrected chi connectivity index (χ0v) is 13.3. The van der Waals surface area contributed by atoms with Crippen molar-refractivity contribution in [3.63, 3.8) is 0 Å². The van der Waals surface area contributed by atoms with E-state index in [-0.39, 0.29) is 4.83 Å². The highest BCUT2D eigenvalue weighted by atomic mass is 127. The van der Waals surface area contributed by atoms with Crippen molar-refractivity contribution in [1.29, 1.82) is 0 Å². The van der Waals surface area contributed by atoms with Crippen LogP contribution in [0.2, 0.25) is 0 Å². The standard InChI is InChI=1S/C14H10BrF2I/c1-8-3-2-4-10(14(8)18)13(15)11-7-9(16)5-6-12(11)17/h2-7,13H,1H3. The fraction of sp³-hybridized carbons (Fsp3) is 0.143. The molecule has 2 aromatic carbocycles. The van der Waals surface area contributed by atoms with E-state index in [0.717, 1.165) is 26.8 Å². The molecule has 0 aliphatic carbocycles. The second-order valence-electron chi connectivity index (χ2n) is 4.01. The average Bonchev–Trinajstić information content (AvgIpc) is 2.35. The number of aryl methyl sites for hydroxylation is 1. The van der Waals surface area contributed by atoms with Crippen LogP contribution in [0.3, 0.4) is 0 Å². The van der Waals surface area contributed by atoms with Crippen LogP contribution in [-0.2, 0) is 0 Å². The lowest BCUT2D eigenvalue weighted by atomic mass is 10.0. The summed E-state index contributed by atoms with van der Waals surface area (Å²) in [5.74, 6) is -0.839. The zero-order chi connectivity index (χ0) is 13.3. The summed E-state index contributed by atoms with van der Waals surface area (Å²) in [5, 5.41) is 0. The Kier molecular flexibility index (Phi) is 4.37. The molecular formula is C14H10BrF2I. The average molecular weight is 423 g/mol. The number of hydrogen-bond acceptors (Lipinski definition) is 0. The van der Waals surface area contributed by atoms with Gasteiger partial charge in [0.05, 0.1) is 4.83 Å². The number of halogens is 4. The van der Waals surface area contributed by atoms with Crippen molar-refractivity contribution in [2.75, 3.05) is 0 Å². The second kappa shape index (κ2) is 5.65. The van der Waals surface area contributed by atoms with Crippen LogP contribution in [0.25, 0.3) is 0 Å². The number of alkyl halides is 1. The van der Waals surface area contributed by atoms with E-state index in [1.807, 2.05) is 25.1 Å². The Morgan fingerprint density at radius 2 is 1.83 bits per heavy atom. The van der Waals surface area contributed by atoms with Gasteiger partial charge in [0.2, 0.25) is 0 Å². The molecule has 0 aromatic heterocycles. The topological polar surface area (TPSA) is 0 Å². The molecule has 1 atom stereocenters. The van der Waals surface area contributed by atoms with E-state index in [9.17, 15) is 8.78 Å². The second-order valence-corrected chi connectivity index (χ2v) is 6.00. The van der Waals surface area contributed by atoms with E-state index in [1.54, 1.807) is 0 Å². The SMILES string of the molecule is Cc1cccc(C(Br)c2cc(F)ccc2F)c1I. The van der Waals surface area contributed by atoms with Gasteiger partial charge in [0.15, 0.2) is 0 Å². The Balaban J connectivity index is 2.51. The first-order valence-electron chi connectivity index (χ1n) is 5.34. The maximum atomic E-state index is 13.7. The van der Waals surface area contributed by atoms with Gasteiger partial charge >= 0.3 is 0 Å². The van der Waals surface area contributed by atoms with Crippen LogP contribution in [0.15, 0.2) is 36.4 Å². The molecule has 0 saturated heterocycles. The van der Waals surface area contributed by atoms with E-state index >= 15 is 0 Å². The summed E-state index contributed by atoms with van der Waals surface area (Å²) >= 11 is 5.67. The Morgan fingerprint density at radius 3 is 2.56 bits per heavy atom. The van der Waals surface area contributed by atoms with Gasteiger partial charge in [-0.25, -0.2) is 8.78 Å². The molecule has 0 fully saturated rings. The lowest BCUT2D eigenvalue weighted by Crippen LogP contribution is -2.01. The summed E-state index contributed by atoms with van der Waals surface area (Å²) in [5.41, 5.74) is 2.38. The van der Waals surface area contributed by atoms with Gasteiger partial charge in [0.25, 0.3) is 0 Å². The monoisotopic (exact) mass is 422 g/mol. The summed E-state index contributed by atoms with van der Waals surface area (Å²) in [6.07, 6.45) is 0. The molecule has 2 aromatic rings. The fourth-order valence-corrected chi connectivity index (χ4v) is 3.57. The summed E-state index contributed by atoms with van der Waals surface area (Å²) in [4.78, 5) is -0.347. The first-order chi connectivity index (χ1) is 8.50. The molecule has 1 unspecified atom stereocenters. The molecule has 18 heavy (non-hydrogen) atoms. The molecule has 94 valence electrons. The van der Waals surface area contributed by atoms with Crippen molar-refractivity contribution >= 4 is 38.5 Å². The van der Waals surface area contributed by atoms with Crippen molar-refractivity contribution in [3.05, 3.63) is 68.3 Å². The van der Waals surface area contributed by atoms with Crippen LogP contribution in [0.1, 0.15) is 21.5 Å². The van der Waals surface area contributed by atoms with Gasteiger partial charge in [-0.15, -0.1) is 0 Å². The highest BCUT2D eigenvalue weighted by Gasteiger charge is 2.18. The van der Waals surface area contributed by atoms with Gasteiger partial charge < -0.3 is 0 Å². The molecule has 0 spiro atoms. The Labute approximate surface area is 127 Å². The van der Waals surface area contributed by atoms with Crippen molar-refractivity contribution in [2.24, 2.45) is 0 Å². The summed E-state index contributed by atoms with van der Waals surface area (Å²) in [6, 6.07) is 9.33. The minimum atomic E-state index is -0.432. The summed E-state index contributed by atoms with van der Waals surface area (Å²) < 4.78 is 28.0. The Morgan fingerprint density at radius 1 is 1.11 bits per heavy atom. The van der Waals surface area contributed by atoms with Crippen molar-refractivity contribution in [3.8, 4) is 0 Å². The first-order valence-corrected chi connectivity index (χ1v) is 7.34. The predicted molar refractivity (Wildman–Crippen MR) is 81.0 cm³/mol. The maximum Gasteiger partial charge on any atom is 0.128 e. The summed E-state index contributed by atoms with van der Waals surface area (Å²) in [6.45, 7) is 1.99. The van der Waals surface area contributed by atoms with Gasteiger partial charge in [0, 0.05) is 9.13 Å². The lowest BCUT2D eigenvalue weighted by Gasteiger charge is -2.15. The Hall–Kier alpha value is -0.490. The first kappa shape index (κ1) is 13.9. The molecule has 0 saturated carbocycles. The molecule has 0 aliphatic rings. The summed E-state index contributed by atoms with van der Waals surface area (Å²) in [7, 11) is 0. The molecule has 0 aliphatic heterocycles. The number of hydrogen-bond donors (Lipinski definition) is 0. The van der Waals surface area contributed by atoms with Crippen molar-refractivity contribution < 1.29 is 8.78 Å². The van der Waals surface area contributed by atoms with E-state index in [1.165, 1.54) is 6.07 Å². The fourth-order valence-electron chi connectivity index (χ4n) is 1.74. The van der Waals surface area contributed by atoms with Crippen molar-refractivity contribution in [2.45, 2.75) is 11.8 Å². The third kappa shape index (κ3) is 2.74. The molecule has 0 bridgehead atoms. The smallest absolute Gasteiger partial charge is 0.128 e. The lowest BCUT2D eigenvalue weighted by molar-refractivity contribution is 0.588. The third-order valence-electron chi connectivity index (χ3n) is 2.73. The minimum Gasteiger partial charge on any atom is -0.207 e. The predicted octanol–water partition coefficient (Wildman–Crippen LogP) is 5.36. The molecule has 2 rings (SSSR count). The van der Waals surface area contributed by atoms with Gasteiger partial charge in [-0.3, -0.25) is 0 Å². The molecule has 0 radical (unpaired) electrons. The minimum absolute atomic E-state index is 0.318. The highest BCUT2D eigenvalue weighted by Crippen LogP contribution is 2.36. The van der Waals surface area contributed by atoms with E-state index in [2.05, 4.69) is 38.5 Å². The van der Waals surface area contributed by atoms with E-state index < -0.39 is 11.6 Å². The largest absolute Gasteiger partial charge is 0.207 e. The molecule has 0 N–H and O–H groups in total. The molecule has 0 heterocycles. The van der Waals surface area contributed by atoms with E-state index in [4.69, 9.17) is 0 Å². The van der Waals surface area contributed by atoms with Crippen LogP contribution >= 0.6 is 38.5 Å². The van der Waals surface area contributed by atoms with Gasteiger partial charge in [-0.2, -0.15) is 0 Å². The van der Waals surface area contributed by atoms with Crippen LogP contribution in [0.4, 0.5) is 8.78 Å². The molecule has 0 amide bonds. The van der Waals surface area contributed by atoms with Crippen LogP contribution in [-0.4, -0.2) is 0 Å². The highest BCUT2D eigenvalue weighted by molar-refractivity contribution is 14.1. The number of benzene rings is 2. The van der Waals surface area contributed by atoms with E-state index in [0.29, 0.717) is 5.56 Å². The van der Waals surface area contributed by atoms with Crippen LogP contribution in [0, 0.1) is 22.1 Å². The van der Waals surface area contributed by atoms with Crippen molar-refractivity contribution in [1.82, 2.24) is 0 Å². The third-order valence-corrected chi connectivity index (χ3v) is 5.19. The molecular weight excluding hydrogens is 413 g/mol. The van der Waals surface area contributed by atoms with Gasteiger partial charge in [0.1, 0.15) is 11.6 Å². The zero-order valence-electron chi connectivity index (χ0n) is 9.55. The Bertz CT molecular complexity index is 582. The maximum absolute atomic E-state index is 13.7. The number of rotatable bonds is 2. The molecule has 4 heteroatoms.